The summed E-state index contributed by atoms with van der Waals surface area (Å²) in [6.45, 7) is 17.4. The van der Waals surface area contributed by atoms with Crippen LogP contribution in [0.2, 0.25) is 0 Å². The van der Waals surface area contributed by atoms with Crippen LogP contribution in [-0.4, -0.2) is 15.1 Å². The SMILES string of the molecule is Cc1cc(C(F)(F)F)c[c-]c1-c1cc(C(C)(C)C)cc(C(C)(C)c2cc(C(C)(C)C)cc(-c3cc(C(F)(F)F)n[n-]3)n2)n1.[Pt+2]. The minimum Gasteiger partial charge on any atom is -0.573 e. The molecular formula is C33H34F6N4Pt. The van der Waals surface area contributed by atoms with E-state index in [1.165, 1.54) is 0 Å². The van der Waals surface area contributed by atoms with Crippen molar-refractivity contribution in [2.24, 2.45) is 0 Å². The van der Waals surface area contributed by atoms with Crippen molar-refractivity contribution in [3.8, 4) is 22.6 Å². The number of pyridine rings is 2. The zero-order chi connectivity index (χ0) is 32.3. The molecule has 0 aliphatic carbocycles. The standard InChI is InChI=1S/C33H34F6N4.Pt/c1-18-12-19(32(34,35)36)10-11-22(18)23-13-20(29(2,3)4)15-26(40-23)31(8,9)27-16-21(30(5,6)7)14-24(41-27)25-17-28(43-42-25)33(37,38)39;/h10,12-17H,1-9H3;/q-2;+2. The summed E-state index contributed by atoms with van der Waals surface area (Å²) < 4.78 is 80.0. The van der Waals surface area contributed by atoms with Crippen molar-refractivity contribution in [2.75, 3.05) is 0 Å². The summed E-state index contributed by atoms with van der Waals surface area (Å²) in [6, 6.07) is 13.1. The van der Waals surface area contributed by atoms with Crippen molar-refractivity contribution in [2.45, 2.75) is 90.9 Å². The molecule has 0 unspecified atom stereocenters. The summed E-state index contributed by atoms with van der Waals surface area (Å²) in [5.41, 5.74) is 0.918. The molecule has 11 heteroatoms. The van der Waals surface area contributed by atoms with Gasteiger partial charge in [0, 0.05) is 11.1 Å². The zero-order valence-electron chi connectivity index (χ0n) is 25.9. The Morgan fingerprint density at radius 3 is 1.55 bits per heavy atom. The third kappa shape index (κ3) is 7.44. The van der Waals surface area contributed by atoms with Crippen LogP contribution in [0.1, 0.15) is 94.7 Å². The predicted molar refractivity (Wildman–Crippen MR) is 154 cm³/mol. The number of aromatic nitrogens is 4. The number of halogens is 6. The second-order valence-corrected chi connectivity index (χ2v) is 13.4. The van der Waals surface area contributed by atoms with Gasteiger partial charge >= 0.3 is 33.4 Å². The van der Waals surface area contributed by atoms with Crippen LogP contribution in [0, 0.1) is 13.0 Å². The Bertz CT molecular complexity index is 1650. The van der Waals surface area contributed by atoms with Gasteiger partial charge in [-0.2, -0.15) is 26.3 Å². The molecule has 0 aliphatic rings. The Morgan fingerprint density at radius 1 is 0.614 bits per heavy atom. The van der Waals surface area contributed by atoms with Crippen LogP contribution >= 0.6 is 0 Å². The number of hydrogen-bond donors (Lipinski definition) is 0. The average molecular weight is 796 g/mol. The smallest absolute Gasteiger partial charge is 0.573 e. The number of alkyl halides is 6. The molecule has 1 aromatic carbocycles. The molecule has 0 saturated heterocycles. The van der Waals surface area contributed by atoms with Gasteiger partial charge in [-0.15, -0.1) is 29.3 Å². The van der Waals surface area contributed by atoms with Crippen LogP contribution in [0.4, 0.5) is 26.3 Å². The van der Waals surface area contributed by atoms with Crippen LogP contribution in [0.5, 0.6) is 0 Å². The molecule has 0 amide bonds. The van der Waals surface area contributed by atoms with Crippen molar-refractivity contribution in [3.63, 3.8) is 0 Å². The molecule has 0 N–H and O–H groups in total. The molecule has 0 bridgehead atoms. The minimum absolute atomic E-state index is 0. The van der Waals surface area contributed by atoms with Crippen molar-refractivity contribution >= 4 is 0 Å². The van der Waals surface area contributed by atoms with E-state index in [1.54, 1.807) is 13.0 Å². The Morgan fingerprint density at radius 2 is 1.11 bits per heavy atom. The van der Waals surface area contributed by atoms with E-state index in [0.717, 1.165) is 29.3 Å². The Kier molecular flexibility index (Phi) is 9.46. The third-order valence-corrected chi connectivity index (χ3v) is 7.48. The summed E-state index contributed by atoms with van der Waals surface area (Å²) in [5.74, 6) is 0. The van der Waals surface area contributed by atoms with Crippen LogP contribution in [0.15, 0.2) is 42.5 Å². The van der Waals surface area contributed by atoms with Gasteiger partial charge in [0.25, 0.3) is 0 Å². The largest absolute Gasteiger partial charge is 2.00 e. The Balaban J connectivity index is 0.00000529. The maximum atomic E-state index is 13.4. The van der Waals surface area contributed by atoms with Gasteiger partial charge in [0.2, 0.25) is 0 Å². The first-order chi connectivity index (χ1) is 19.5. The Hall–Kier alpha value is -3.00. The van der Waals surface area contributed by atoms with Gasteiger partial charge in [0.05, 0.1) is 11.4 Å². The molecule has 238 valence electrons. The van der Waals surface area contributed by atoms with E-state index in [0.29, 0.717) is 28.2 Å². The molecule has 0 spiro atoms. The van der Waals surface area contributed by atoms with Crippen LogP contribution < -0.4 is 5.10 Å². The van der Waals surface area contributed by atoms with E-state index in [-0.39, 0.29) is 43.3 Å². The second-order valence-electron chi connectivity index (χ2n) is 13.4. The molecule has 44 heavy (non-hydrogen) atoms. The summed E-state index contributed by atoms with van der Waals surface area (Å²) in [5, 5.41) is 7.09. The molecule has 4 aromatic rings. The first kappa shape index (κ1) is 35.5. The van der Waals surface area contributed by atoms with Crippen LogP contribution in [0.25, 0.3) is 22.6 Å². The number of benzene rings is 1. The molecule has 0 atom stereocenters. The molecule has 0 radical (unpaired) electrons. The third-order valence-electron chi connectivity index (χ3n) is 7.48. The van der Waals surface area contributed by atoms with Gasteiger partial charge in [0.1, 0.15) is 5.69 Å². The average Bonchev–Trinajstić information content (AvgIpc) is 3.38. The molecule has 0 saturated carbocycles. The van der Waals surface area contributed by atoms with Crippen LogP contribution in [-0.2, 0) is 49.7 Å². The molecule has 0 fully saturated rings. The summed E-state index contributed by atoms with van der Waals surface area (Å²) in [6.07, 6.45) is -9.14. The second kappa shape index (κ2) is 11.7. The minimum atomic E-state index is -4.64. The van der Waals surface area contributed by atoms with Crippen molar-refractivity contribution < 1.29 is 47.4 Å². The molecule has 3 aromatic heterocycles. The first-order valence-corrected chi connectivity index (χ1v) is 13.7. The van der Waals surface area contributed by atoms with Gasteiger partial charge in [-0.3, -0.25) is 4.98 Å². The number of aryl methyl sites for hydroxylation is 1. The van der Waals surface area contributed by atoms with E-state index in [9.17, 15) is 26.3 Å². The number of nitrogens with zero attached hydrogens (tertiary/aromatic N) is 4. The molecular weight excluding hydrogens is 761 g/mol. The van der Waals surface area contributed by atoms with Crippen LogP contribution in [0.3, 0.4) is 0 Å². The topological polar surface area (TPSA) is 52.8 Å². The maximum absolute atomic E-state index is 13.4. The zero-order valence-corrected chi connectivity index (χ0v) is 28.2. The number of hydrogen-bond acceptors (Lipinski definition) is 3. The normalized spacial score (nSPS) is 13.2. The predicted octanol–water partition coefficient (Wildman–Crippen LogP) is 9.23. The van der Waals surface area contributed by atoms with Gasteiger partial charge in [-0.1, -0.05) is 60.2 Å². The Labute approximate surface area is 268 Å². The van der Waals surface area contributed by atoms with E-state index in [4.69, 9.17) is 9.97 Å². The van der Waals surface area contributed by atoms with E-state index >= 15 is 0 Å². The molecule has 0 aliphatic heterocycles. The van der Waals surface area contributed by atoms with Gasteiger partial charge in [0.15, 0.2) is 0 Å². The van der Waals surface area contributed by atoms with Gasteiger partial charge in [-0.05, 0) is 71.3 Å². The van der Waals surface area contributed by atoms with E-state index < -0.39 is 29.0 Å². The van der Waals surface area contributed by atoms with E-state index in [2.05, 4.69) is 16.3 Å². The summed E-state index contributed by atoms with van der Waals surface area (Å²) in [7, 11) is 0. The summed E-state index contributed by atoms with van der Waals surface area (Å²) in [4.78, 5) is 9.69. The molecule has 4 nitrogen and oxygen atoms in total. The fourth-order valence-corrected chi connectivity index (χ4v) is 4.57. The number of rotatable bonds is 4. The van der Waals surface area contributed by atoms with Gasteiger partial charge in [-0.25, -0.2) is 0 Å². The monoisotopic (exact) mass is 795 g/mol. The first-order valence-electron chi connectivity index (χ1n) is 13.7. The van der Waals surface area contributed by atoms with Crippen molar-refractivity contribution in [1.29, 1.82) is 0 Å². The fraction of sp³-hybridized carbons (Fsp3) is 0.424. The van der Waals surface area contributed by atoms with Crippen molar-refractivity contribution in [3.05, 3.63) is 87.9 Å². The fourth-order valence-electron chi connectivity index (χ4n) is 4.57. The van der Waals surface area contributed by atoms with E-state index in [1.807, 2.05) is 73.6 Å². The summed E-state index contributed by atoms with van der Waals surface area (Å²) >= 11 is 0. The van der Waals surface area contributed by atoms with Gasteiger partial charge < -0.3 is 15.2 Å². The van der Waals surface area contributed by atoms with Crippen molar-refractivity contribution in [1.82, 2.24) is 20.2 Å². The quantitative estimate of drug-likeness (QED) is 0.153. The molecule has 4 rings (SSSR count). The maximum Gasteiger partial charge on any atom is 2.00 e. The molecule has 3 heterocycles.